The molecule has 0 bridgehead atoms. The van der Waals surface area contributed by atoms with Gasteiger partial charge in [0, 0.05) is 0 Å². The molecule has 0 amide bonds. The topological polar surface area (TPSA) is 20.2 Å². The average molecular weight is 291 g/mol. The molecule has 1 atom stereocenters. The summed E-state index contributed by atoms with van der Waals surface area (Å²) in [5, 5.41) is 10.2. The molecule has 0 aliphatic carbocycles. The minimum absolute atomic E-state index is 0.535. The minimum atomic E-state index is -0.755. The number of hydrogen-bond donors (Lipinski definition) is 1. The Morgan fingerprint density at radius 2 is 1.11 bits per heavy atom. The van der Waals surface area contributed by atoms with Crippen molar-refractivity contribution in [1.82, 2.24) is 0 Å². The lowest BCUT2D eigenvalue weighted by Crippen LogP contribution is -2.43. The highest BCUT2D eigenvalue weighted by Gasteiger charge is 2.36. The summed E-state index contributed by atoms with van der Waals surface area (Å²) in [5.41, 5.74) is -0.755. The van der Waals surface area contributed by atoms with E-state index in [4.69, 9.17) is 11.6 Å². The summed E-state index contributed by atoms with van der Waals surface area (Å²) in [4.78, 5) is -0.535. The third-order valence-electron chi connectivity index (χ3n) is 4.30. The zero-order chi connectivity index (χ0) is 14.8. The van der Waals surface area contributed by atoms with E-state index in [1.807, 2.05) is 20.8 Å². The van der Waals surface area contributed by atoms with Gasteiger partial charge in [-0.2, -0.15) is 0 Å². The van der Waals surface area contributed by atoms with Crippen molar-refractivity contribution in [2.45, 2.75) is 109 Å². The molecule has 1 unspecified atom stereocenters. The molecule has 116 valence electrons. The Morgan fingerprint density at radius 3 is 1.47 bits per heavy atom. The maximum atomic E-state index is 10.2. The first-order chi connectivity index (χ1) is 8.81. The van der Waals surface area contributed by atoms with Gasteiger partial charge in [0.15, 0.2) is 0 Å². The van der Waals surface area contributed by atoms with Crippen LogP contribution in [0.3, 0.4) is 0 Å². The fourth-order valence-electron chi connectivity index (χ4n) is 2.25. The fraction of sp³-hybridized carbons (Fsp3) is 1.00. The molecule has 0 saturated heterocycles. The predicted octanol–water partition coefficient (Wildman–Crippen LogP) is 6.07. The van der Waals surface area contributed by atoms with Crippen molar-refractivity contribution in [3.8, 4) is 0 Å². The molecule has 0 heterocycles. The molecule has 0 saturated carbocycles. The molecule has 0 aliphatic heterocycles. The van der Waals surface area contributed by atoms with Crippen LogP contribution in [0.25, 0.3) is 0 Å². The highest BCUT2D eigenvalue weighted by atomic mass is 35.5. The first-order valence-corrected chi connectivity index (χ1v) is 8.60. The van der Waals surface area contributed by atoms with E-state index >= 15 is 0 Å². The Labute approximate surface area is 126 Å². The molecule has 0 aromatic rings. The Kier molecular flexibility index (Phi) is 10.2. The van der Waals surface area contributed by atoms with Gasteiger partial charge in [0.1, 0.15) is 0 Å². The van der Waals surface area contributed by atoms with Crippen LogP contribution in [0.15, 0.2) is 0 Å². The molecule has 19 heavy (non-hydrogen) atoms. The van der Waals surface area contributed by atoms with Crippen molar-refractivity contribution in [1.29, 1.82) is 0 Å². The molecule has 0 aromatic carbocycles. The summed E-state index contributed by atoms with van der Waals surface area (Å²) >= 11 is 6.20. The van der Waals surface area contributed by atoms with Crippen molar-refractivity contribution < 1.29 is 5.11 Å². The second-order valence-corrected chi connectivity index (χ2v) is 7.62. The summed E-state index contributed by atoms with van der Waals surface area (Å²) in [6.45, 7) is 7.90. The third-order valence-corrected chi connectivity index (χ3v) is 4.70. The van der Waals surface area contributed by atoms with Crippen LogP contribution in [0, 0.1) is 0 Å². The number of unbranched alkanes of at least 4 members (excludes halogenated alkanes) is 9. The molecule has 0 aliphatic rings. The lowest BCUT2D eigenvalue weighted by atomic mass is 9.86. The Hall–Kier alpha value is 0.250. The zero-order valence-corrected chi connectivity index (χ0v) is 14.4. The van der Waals surface area contributed by atoms with E-state index in [2.05, 4.69) is 6.92 Å². The van der Waals surface area contributed by atoms with E-state index in [1.165, 1.54) is 57.8 Å². The van der Waals surface area contributed by atoms with Gasteiger partial charge < -0.3 is 5.11 Å². The van der Waals surface area contributed by atoms with E-state index in [-0.39, 0.29) is 0 Å². The number of halogens is 1. The van der Waals surface area contributed by atoms with Crippen LogP contribution in [0.4, 0.5) is 0 Å². The van der Waals surface area contributed by atoms with Gasteiger partial charge in [-0.05, 0) is 27.2 Å². The van der Waals surface area contributed by atoms with Crippen molar-refractivity contribution in [2.75, 3.05) is 0 Å². The van der Waals surface area contributed by atoms with E-state index in [0.29, 0.717) is 0 Å². The molecule has 0 fully saturated rings. The van der Waals surface area contributed by atoms with Crippen molar-refractivity contribution in [3.63, 3.8) is 0 Å². The van der Waals surface area contributed by atoms with E-state index in [9.17, 15) is 5.11 Å². The van der Waals surface area contributed by atoms with E-state index in [1.54, 1.807) is 0 Å². The molecule has 2 heteroatoms. The maximum absolute atomic E-state index is 10.2. The van der Waals surface area contributed by atoms with Crippen LogP contribution < -0.4 is 0 Å². The van der Waals surface area contributed by atoms with Gasteiger partial charge in [-0.25, -0.2) is 0 Å². The molecule has 1 nitrogen and oxygen atoms in total. The van der Waals surface area contributed by atoms with Gasteiger partial charge in [-0.3, -0.25) is 0 Å². The van der Waals surface area contributed by atoms with E-state index < -0.39 is 10.5 Å². The van der Waals surface area contributed by atoms with Gasteiger partial charge >= 0.3 is 0 Å². The van der Waals surface area contributed by atoms with Crippen molar-refractivity contribution in [3.05, 3.63) is 0 Å². The van der Waals surface area contributed by atoms with Gasteiger partial charge in [0.2, 0.25) is 0 Å². The summed E-state index contributed by atoms with van der Waals surface area (Å²) in [5.74, 6) is 0. The lowest BCUT2D eigenvalue weighted by molar-refractivity contribution is 0.0159. The highest BCUT2D eigenvalue weighted by molar-refractivity contribution is 6.24. The largest absolute Gasteiger partial charge is 0.388 e. The van der Waals surface area contributed by atoms with Crippen molar-refractivity contribution >= 4 is 11.6 Å². The smallest absolute Gasteiger partial charge is 0.0805 e. The number of aliphatic hydroxyl groups is 1. The minimum Gasteiger partial charge on any atom is -0.388 e. The van der Waals surface area contributed by atoms with Gasteiger partial charge in [0.25, 0.3) is 0 Å². The summed E-state index contributed by atoms with van der Waals surface area (Å²) in [6.07, 6.45) is 14.1. The van der Waals surface area contributed by atoms with Crippen LogP contribution in [0.5, 0.6) is 0 Å². The monoisotopic (exact) mass is 290 g/mol. The maximum Gasteiger partial charge on any atom is 0.0805 e. The molecular formula is C17H35ClO. The Morgan fingerprint density at radius 1 is 0.737 bits per heavy atom. The molecule has 0 rings (SSSR count). The standard InChI is InChI=1S/C17H35ClO/c1-5-6-7-8-9-10-11-12-13-14-15-17(4,19)16(2,3)18/h19H,5-15H2,1-4H3. The van der Waals surface area contributed by atoms with Crippen LogP contribution in [0.1, 0.15) is 98.3 Å². The molecule has 0 radical (unpaired) electrons. The number of rotatable bonds is 12. The predicted molar refractivity (Wildman–Crippen MR) is 87.0 cm³/mol. The first-order valence-electron chi connectivity index (χ1n) is 8.22. The summed E-state index contributed by atoms with van der Waals surface area (Å²) in [7, 11) is 0. The van der Waals surface area contributed by atoms with Crippen molar-refractivity contribution in [2.24, 2.45) is 0 Å². The molecule has 1 N–H and O–H groups in total. The Bertz CT molecular complexity index is 206. The fourth-order valence-corrected chi connectivity index (χ4v) is 2.35. The zero-order valence-electron chi connectivity index (χ0n) is 13.6. The van der Waals surface area contributed by atoms with Crippen LogP contribution in [-0.2, 0) is 0 Å². The normalized spacial score (nSPS) is 15.5. The third kappa shape index (κ3) is 9.73. The first kappa shape index (κ1) is 19.2. The summed E-state index contributed by atoms with van der Waals surface area (Å²) in [6, 6.07) is 0. The van der Waals surface area contributed by atoms with Gasteiger partial charge in [-0.15, -0.1) is 11.6 Å². The number of alkyl halides is 1. The number of hydrogen-bond acceptors (Lipinski definition) is 1. The summed E-state index contributed by atoms with van der Waals surface area (Å²) < 4.78 is 0. The average Bonchev–Trinajstić information content (AvgIpc) is 2.30. The SMILES string of the molecule is CCCCCCCCCCCCC(C)(O)C(C)(C)Cl. The van der Waals surface area contributed by atoms with Crippen LogP contribution in [-0.4, -0.2) is 15.6 Å². The molecular weight excluding hydrogens is 256 g/mol. The second kappa shape index (κ2) is 10.0. The van der Waals surface area contributed by atoms with Crippen LogP contribution >= 0.6 is 11.6 Å². The Balaban J connectivity index is 3.37. The lowest BCUT2D eigenvalue weighted by Gasteiger charge is -2.35. The highest BCUT2D eigenvalue weighted by Crippen LogP contribution is 2.32. The van der Waals surface area contributed by atoms with Crippen LogP contribution in [0.2, 0.25) is 0 Å². The molecule has 0 aromatic heterocycles. The second-order valence-electron chi connectivity index (χ2n) is 6.68. The molecule has 0 spiro atoms. The van der Waals surface area contributed by atoms with Gasteiger partial charge in [0.05, 0.1) is 10.5 Å². The quantitative estimate of drug-likeness (QED) is 0.342. The van der Waals surface area contributed by atoms with Gasteiger partial charge in [-0.1, -0.05) is 71.1 Å². The van der Waals surface area contributed by atoms with E-state index in [0.717, 1.165) is 12.8 Å².